The van der Waals surface area contributed by atoms with Gasteiger partial charge in [0.1, 0.15) is 0 Å². The molecule has 1 aliphatic heterocycles. The highest BCUT2D eigenvalue weighted by Crippen LogP contribution is 2.51. The van der Waals surface area contributed by atoms with Crippen LogP contribution >= 0.6 is 0 Å². The molecule has 2 heteroatoms. The molecule has 2 bridgehead atoms. The Labute approximate surface area is 100 Å². The number of hydrogen-bond donors (Lipinski definition) is 0. The van der Waals surface area contributed by atoms with Crippen molar-refractivity contribution in [3.8, 4) is 0 Å². The van der Waals surface area contributed by atoms with Crippen LogP contribution in [-0.4, -0.2) is 42.5 Å². The molecule has 2 nitrogen and oxygen atoms in total. The van der Waals surface area contributed by atoms with E-state index in [4.69, 9.17) is 0 Å². The molecule has 92 valence electrons. The predicted molar refractivity (Wildman–Crippen MR) is 69.3 cm³/mol. The van der Waals surface area contributed by atoms with Gasteiger partial charge < -0.3 is 9.80 Å². The maximum absolute atomic E-state index is 4.24. The minimum absolute atomic E-state index is 0.408. The number of rotatable bonds is 4. The second kappa shape index (κ2) is 4.06. The highest BCUT2D eigenvalue weighted by Gasteiger charge is 2.51. The van der Waals surface area contributed by atoms with Crippen LogP contribution in [0.2, 0.25) is 0 Å². The predicted octanol–water partition coefficient (Wildman–Crippen LogP) is 2.57. The molecule has 2 rings (SSSR count). The molecule has 2 unspecified atom stereocenters. The Kier molecular flexibility index (Phi) is 3.04. The van der Waals surface area contributed by atoms with Crippen LogP contribution in [0.5, 0.6) is 0 Å². The fourth-order valence-electron chi connectivity index (χ4n) is 3.71. The number of allylic oxidation sites excluding steroid dienone is 1. The highest BCUT2D eigenvalue weighted by molar-refractivity contribution is 5.20. The molecule has 16 heavy (non-hydrogen) atoms. The van der Waals surface area contributed by atoms with Gasteiger partial charge in [-0.3, -0.25) is 0 Å². The Balaban J connectivity index is 2.01. The molecule has 1 aliphatic carbocycles. The largest absolute Gasteiger partial charge is 0.371 e. The number of likely N-dealkylation sites (tertiary alicyclic amines) is 1. The van der Waals surface area contributed by atoms with Crippen molar-refractivity contribution in [1.82, 2.24) is 9.80 Å². The SMILES string of the molecule is C=C1C2CCC(CN(C)CC(C)C)(C2)N1C. The Hall–Kier alpha value is -0.500. The smallest absolute Gasteiger partial charge is 0.0529 e. The number of fused-ring (bicyclic) bond motifs is 2. The summed E-state index contributed by atoms with van der Waals surface area (Å²) in [5.41, 5.74) is 1.79. The number of nitrogens with zero attached hydrogens (tertiary/aromatic N) is 2. The summed E-state index contributed by atoms with van der Waals surface area (Å²) in [5.74, 6) is 1.53. The summed E-state index contributed by atoms with van der Waals surface area (Å²) in [4.78, 5) is 4.97. The van der Waals surface area contributed by atoms with E-state index >= 15 is 0 Å². The number of likely N-dealkylation sites (N-methyl/N-ethyl adjacent to an activating group) is 2. The van der Waals surface area contributed by atoms with Gasteiger partial charge in [-0.15, -0.1) is 0 Å². The van der Waals surface area contributed by atoms with Crippen molar-refractivity contribution < 1.29 is 0 Å². The monoisotopic (exact) mass is 222 g/mol. The number of hydrogen-bond acceptors (Lipinski definition) is 2. The molecule has 0 spiro atoms. The van der Waals surface area contributed by atoms with Gasteiger partial charge in [-0.25, -0.2) is 0 Å². The summed E-state index contributed by atoms with van der Waals surface area (Å²) in [6.07, 6.45) is 4.05. The molecule has 1 saturated heterocycles. The third-order valence-electron chi connectivity index (χ3n) is 4.44. The van der Waals surface area contributed by atoms with E-state index in [2.05, 4.69) is 44.3 Å². The maximum atomic E-state index is 4.24. The lowest BCUT2D eigenvalue weighted by atomic mass is 9.96. The van der Waals surface area contributed by atoms with Gasteiger partial charge in [-0.2, -0.15) is 0 Å². The third kappa shape index (κ3) is 1.88. The lowest BCUT2D eigenvalue weighted by Gasteiger charge is -2.41. The van der Waals surface area contributed by atoms with Crippen LogP contribution in [-0.2, 0) is 0 Å². The van der Waals surface area contributed by atoms with Crippen molar-refractivity contribution in [1.29, 1.82) is 0 Å². The van der Waals surface area contributed by atoms with Crippen molar-refractivity contribution in [3.63, 3.8) is 0 Å². The van der Waals surface area contributed by atoms with E-state index in [1.54, 1.807) is 0 Å². The zero-order valence-corrected chi connectivity index (χ0v) is 11.3. The lowest BCUT2D eigenvalue weighted by molar-refractivity contribution is 0.122. The van der Waals surface area contributed by atoms with Crippen LogP contribution in [0.15, 0.2) is 12.3 Å². The Morgan fingerprint density at radius 3 is 2.75 bits per heavy atom. The van der Waals surface area contributed by atoms with Gasteiger partial charge in [0.25, 0.3) is 0 Å². The normalized spacial score (nSPS) is 33.5. The van der Waals surface area contributed by atoms with E-state index in [1.807, 2.05) is 0 Å². The minimum atomic E-state index is 0.408. The molecule has 1 saturated carbocycles. The Bertz CT molecular complexity index is 284. The standard InChI is InChI=1S/C14H26N2/c1-11(2)9-15(4)10-14-7-6-13(8-14)12(3)16(14)5/h11,13H,3,6-10H2,1-2,4-5H3. The molecule has 2 aliphatic rings. The molecular formula is C14H26N2. The molecule has 0 aromatic rings. The van der Waals surface area contributed by atoms with Crippen LogP contribution in [0.3, 0.4) is 0 Å². The first kappa shape index (κ1) is 12.0. The fraction of sp³-hybridized carbons (Fsp3) is 0.857. The number of piperidine rings is 1. The van der Waals surface area contributed by atoms with E-state index in [-0.39, 0.29) is 0 Å². The second-order valence-corrected chi connectivity index (χ2v) is 6.31. The van der Waals surface area contributed by atoms with Crippen LogP contribution < -0.4 is 0 Å². The van der Waals surface area contributed by atoms with Crippen LogP contribution in [0.4, 0.5) is 0 Å². The van der Waals surface area contributed by atoms with Gasteiger partial charge in [0.15, 0.2) is 0 Å². The first-order valence-corrected chi connectivity index (χ1v) is 6.56. The van der Waals surface area contributed by atoms with Crippen LogP contribution in [0, 0.1) is 11.8 Å². The minimum Gasteiger partial charge on any atom is -0.371 e. The van der Waals surface area contributed by atoms with Gasteiger partial charge in [-0.05, 0) is 32.2 Å². The Morgan fingerprint density at radius 2 is 2.25 bits per heavy atom. The zero-order valence-electron chi connectivity index (χ0n) is 11.3. The van der Waals surface area contributed by atoms with Crippen molar-refractivity contribution in [2.24, 2.45) is 11.8 Å². The Morgan fingerprint density at radius 1 is 1.56 bits per heavy atom. The molecule has 2 fully saturated rings. The van der Waals surface area contributed by atoms with E-state index < -0.39 is 0 Å². The maximum Gasteiger partial charge on any atom is 0.0529 e. The average molecular weight is 222 g/mol. The summed E-state index contributed by atoms with van der Waals surface area (Å²) < 4.78 is 0. The van der Waals surface area contributed by atoms with Gasteiger partial charge in [0, 0.05) is 31.8 Å². The quantitative estimate of drug-likeness (QED) is 0.721. The average Bonchev–Trinajstić information content (AvgIpc) is 2.66. The fourth-order valence-corrected chi connectivity index (χ4v) is 3.71. The lowest BCUT2D eigenvalue weighted by Crippen LogP contribution is -2.49. The second-order valence-electron chi connectivity index (χ2n) is 6.31. The van der Waals surface area contributed by atoms with E-state index in [9.17, 15) is 0 Å². The van der Waals surface area contributed by atoms with Gasteiger partial charge >= 0.3 is 0 Å². The van der Waals surface area contributed by atoms with Crippen molar-refractivity contribution in [2.75, 3.05) is 27.2 Å². The molecule has 1 heterocycles. The van der Waals surface area contributed by atoms with Gasteiger partial charge in [0.05, 0.1) is 5.54 Å². The van der Waals surface area contributed by atoms with Gasteiger partial charge in [0.2, 0.25) is 0 Å². The first-order valence-electron chi connectivity index (χ1n) is 6.56. The zero-order chi connectivity index (χ0) is 11.9. The molecule has 2 atom stereocenters. The summed E-state index contributed by atoms with van der Waals surface area (Å²) in [6, 6.07) is 0. The van der Waals surface area contributed by atoms with E-state index in [0.29, 0.717) is 5.54 Å². The summed E-state index contributed by atoms with van der Waals surface area (Å²) in [5, 5.41) is 0. The third-order valence-corrected chi connectivity index (χ3v) is 4.44. The molecular weight excluding hydrogens is 196 g/mol. The van der Waals surface area contributed by atoms with Crippen molar-refractivity contribution in [3.05, 3.63) is 12.3 Å². The van der Waals surface area contributed by atoms with Gasteiger partial charge in [-0.1, -0.05) is 20.4 Å². The molecule has 0 radical (unpaired) electrons. The van der Waals surface area contributed by atoms with E-state index in [1.165, 1.54) is 38.0 Å². The summed E-state index contributed by atoms with van der Waals surface area (Å²) in [7, 11) is 4.50. The van der Waals surface area contributed by atoms with Crippen LogP contribution in [0.25, 0.3) is 0 Å². The molecule has 0 N–H and O–H groups in total. The summed E-state index contributed by atoms with van der Waals surface area (Å²) in [6.45, 7) is 11.2. The molecule has 0 aromatic carbocycles. The molecule has 0 aromatic heterocycles. The van der Waals surface area contributed by atoms with Crippen LogP contribution in [0.1, 0.15) is 33.1 Å². The molecule has 0 amide bonds. The van der Waals surface area contributed by atoms with E-state index in [0.717, 1.165) is 11.8 Å². The first-order chi connectivity index (χ1) is 7.44. The van der Waals surface area contributed by atoms with Crippen molar-refractivity contribution in [2.45, 2.75) is 38.6 Å². The topological polar surface area (TPSA) is 6.48 Å². The summed E-state index contributed by atoms with van der Waals surface area (Å²) >= 11 is 0. The van der Waals surface area contributed by atoms with Crippen molar-refractivity contribution >= 4 is 0 Å². The highest BCUT2D eigenvalue weighted by atomic mass is 15.3.